The summed E-state index contributed by atoms with van der Waals surface area (Å²) < 4.78 is 7.90. The summed E-state index contributed by atoms with van der Waals surface area (Å²) in [6.45, 7) is 6.05. The lowest BCUT2D eigenvalue weighted by atomic mass is 9.86. The van der Waals surface area contributed by atoms with Crippen molar-refractivity contribution in [3.8, 4) is 11.8 Å². The van der Waals surface area contributed by atoms with E-state index < -0.39 is 0 Å². The number of amides is 1. The zero-order valence-corrected chi connectivity index (χ0v) is 22.6. The highest BCUT2D eigenvalue weighted by molar-refractivity contribution is 7.99. The molecule has 0 aliphatic heterocycles. The van der Waals surface area contributed by atoms with E-state index in [0.29, 0.717) is 32.5 Å². The highest BCUT2D eigenvalue weighted by atomic mass is 35.5. The summed E-state index contributed by atoms with van der Waals surface area (Å²) in [5.41, 5.74) is 2.69. The van der Waals surface area contributed by atoms with Crippen LogP contribution in [0.25, 0.3) is 0 Å². The van der Waals surface area contributed by atoms with Crippen molar-refractivity contribution in [2.75, 3.05) is 11.1 Å². The van der Waals surface area contributed by atoms with E-state index in [-0.39, 0.29) is 17.8 Å². The topological polar surface area (TPSA) is 92.8 Å². The predicted octanol–water partition coefficient (Wildman–Crippen LogP) is 6.10. The lowest BCUT2D eigenvalue weighted by Gasteiger charge is -2.20. The minimum absolute atomic E-state index is 0.164. The highest BCUT2D eigenvalue weighted by Gasteiger charge is 2.26. The van der Waals surface area contributed by atoms with Crippen molar-refractivity contribution in [3.63, 3.8) is 0 Å². The molecule has 184 valence electrons. The Morgan fingerprint density at radius 3 is 2.97 bits per heavy atom. The number of carbonyl (C=O) groups is 1. The van der Waals surface area contributed by atoms with Gasteiger partial charge < -0.3 is 14.6 Å². The number of nitrogens with zero attached hydrogens (tertiary/aromatic N) is 4. The molecule has 0 fully saturated rings. The Balaban J connectivity index is 1.38. The second kappa shape index (κ2) is 11.0. The van der Waals surface area contributed by atoms with E-state index >= 15 is 0 Å². The third-order valence-corrected chi connectivity index (χ3v) is 8.74. The van der Waals surface area contributed by atoms with Crippen LogP contribution in [0.15, 0.2) is 23.4 Å². The molecule has 7 nitrogen and oxygen atoms in total. The van der Waals surface area contributed by atoms with Crippen molar-refractivity contribution in [3.05, 3.63) is 50.6 Å². The first kappa shape index (κ1) is 25.5. The lowest BCUT2D eigenvalue weighted by molar-refractivity contribution is -0.113. The Labute approximate surface area is 218 Å². The van der Waals surface area contributed by atoms with Crippen LogP contribution in [0.5, 0.6) is 5.75 Å². The summed E-state index contributed by atoms with van der Waals surface area (Å²) in [5, 5.41) is 23.1. The van der Waals surface area contributed by atoms with E-state index in [4.69, 9.17) is 16.3 Å². The number of fused-ring (bicyclic) bond motifs is 1. The van der Waals surface area contributed by atoms with Gasteiger partial charge in [0.15, 0.2) is 17.1 Å². The lowest BCUT2D eigenvalue weighted by Crippen LogP contribution is -2.15. The van der Waals surface area contributed by atoms with E-state index in [9.17, 15) is 10.1 Å². The molecule has 4 rings (SSSR count). The maximum atomic E-state index is 12.7. The fraction of sp³-hybridized carbons (Fsp3) is 0.440. The number of halogens is 1. The standard InChI is InChI=1S/C25H28ClN5O2S2/c1-5-16-6-8-18-19(12-27)24(35-21(18)11-16)28-22(32)13-34-25-30-29-23(31(25)4)15(3)33-20-9-7-17(26)10-14(20)2/h7,9-10,15-16H,5-6,8,11,13H2,1-4H3,(H,28,32). The molecular formula is C25H28ClN5O2S2. The normalized spacial score (nSPS) is 15.8. The van der Waals surface area contributed by atoms with Gasteiger partial charge in [0.2, 0.25) is 5.91 Å². The van der Waals surface area contributed by atoms with E-state index in [1.54, 1.807) is 17.4 Å². The Morgan fingerprint density at radius 2 is 2.26 bits per heavy atom. The van der Waals surface area contributed by atoms with Gasteiger partial charge in [-0.3, -0.25) is 4.79 Å². The quantitative estimate of drug-likeness (QED) is 0.354. The number of thiophene rings is 1. The Kier molecular flexibility index (Phi) is 8.05. The molecule has 1 aliphatic carbocycles. The fourth-order valence-corrected chi connectivity index (χ4v) is 6.57. The molecule has 1 aliphatic rings. The molecule has 35 heavy (non-hydrogen) atoms. The van der Waals surface area contributed by atoms with Crippen LogP contribution < -0.4 is 10.1 Å². The first-order chi connectivity index (χ1) is 16.8. The van der Waals surface area contributed by atoms with Gasteiger partial charge in [0.05, 0.1) is 11.3 Å². The SMILES string of the molecule is CCC1CCc2c(sc(NC(=O)CSc3nnc(C(C)Oc4ccc(Cl)cc4C)n3C)c2C#N)C1. The number of nitrogens with one attached hydrogen (secondary N) is 1. The van der Waals surface area contributed by atoms with Crippen molar-refractivity contribution < 1.29 is 9.53 Å². The Morgan fingerprint density at radius 1 is 1.46 bits per heavy atom. The summed E-state index contributed by atoms with van der Waals surface area (Å²) >= 11 is 8.88. The smallest absolute Gasteiger partial charge is 0.235 e. The summed E-state index contributed by atoms with van der Waals surface area (Å²) in [4.78, 5) is 14.0. The van der Waals surface area contributed by atoms with Crippen LogP contribution in [0.1, 0.15) is 60.2 Å². The second-order valence-corrected chi connectivity index (χ2v) is 11.2. The van der Waals surface area contributed by atoms with Crippen LogP contribution >= 0.6 is 34.7 Å². The van der Waals surface area contributed by atoms with E-state index in [1.165, 1.54) is 16.6 Å². The molecule has 2 unspecified atom stereocenters. The number of carbonyl (C=O) groups excluding carboxylic acids is 1. The molecular weight excluding hydrogens is 502 g/mol. The number of benzene rings is 1. The second-order valence-electron chi connectivity index (χ2n) is 8.74. The van der Waals surface area contributed by atoms with Gasteiger partial charge in [-0.25, -0.2) is 0 Å². The summed E-state index contributed by atoms with van der Waals surface area (Å²) in [7, 11) is 1.86. The van der Waals surface area contributed by atoms with Crippen molar-refractivity contribution in [1.82, 2.24) is 14.8 Å². The van der Waals surface area contributed by atoms with Crippen LogP contribution in [0.4, 0.5) is 5.00 Å². The van der Waals surface area contributed by atoms with Gasteiger partial charge in [0.1, 0.15) is 16.8 Å². The molecule has 10 heteroatoms. The van der Waals surface area contributed by atoms with Crippen molar-refractivity contribution in [1.29, 1.82) is 5.26 Å². The number of thioether (sulfide) groups is 1. The molecule has 2 heterocycles. The maximum Gasteiger partial charge on any atom is 0.235 e. The number of rotatable bonds is 8. The Hall–Kier alpha value is -2.54. The first-order valence-electron chi connectivity index (χ1n) is 11.6. The number of aromatic nitrogens is 3. The van der Waals surface area contributed by atoms with E-state index in [0.717, 1.165) is 42.6 Å². The third-order valence-electron chi connectivity index (χ3n) is 6.31. The zero-order valence-electron chi connectivity index (χ0n) is 20.2. The number of hydrogen-bond acceptors (Lipinski definition) is 7. The van der Waals surface area contributed by atoms with Crippen molar-refractivity contribution in [2.45, 2.75) is 57.7 Å². The van der Waals surface area contributed by atoms with Crippen LogP contribution in [0, 0.1) is 24.2 Å². The molecule has 2 atom stereocenters. The van der Waals surface area contributed by atoms with E-state index in [1.807, 2.05) is 37.6 Å². The fourth-order valence-electron chi connectivity index (χ4n) is 4.30. The molecule has 0 saturated heterocycles. The Bertz CT molecular complexity index is 1280. The summed E-state index contributed by atoms with van der Waals surface area (Å²) in [6, 6.07) is 7.79. The number of aryl methyl sites for hydroxylation is 1. The van der Waals surface area contributed by atoms with Crippen LogP contribution in [-0.4, -0.2) is 26.4 Å². The van der Waals surface area contributed by atoms with Gasteiger partial charge in [-0.05, 0) is 68.4 Å². The molecule has 0 saturated carbocycles. The molecule has 0 bridgehead atoms. The number of nitriles is 1. The van der Waals surface area contributed by atoms with Gasteiger partial charge in [0, 0.05) is 16.9 Å². The number of anilines is 1. The van der Waals surface area contributed by atoms with Crippen LogP contribution in [-0.2, 0) is 24.7 Å². The summed E-state index contributed by atoms with van der Waals surface area (Å²) in [5.74, 6) is 2.05. The average Bonchev–Trinajstić information content (AvgIpc) is 3.37. The number of ether oxygens (including phenoxy) is 1. The minimum atomic E-state index is -0.335. The third kappa shape index (κ3) is 5.66. The molecule has 2 aromatic heterocycles. The van der Waals surface area contributed by atoms with Crippen LogP contribution in [0.2, 0.25) is 5.02 Å². The largest absolute Gasteiger partial charge is 0.482 e. The van der Waals surface area contributed by atoms with E-state index in [2.05, 4.69) is 28.5 Å². The van der Waals surface area contributed by atoms with Gasteiger partial charge in [-0.2, -0.15) is 5.26 Å². The molecule has 1 amide bonds. The molecule has 1 aromatic carbocycles. The maximum absolute atomic E-state index is 12.7. The summed E-state index contributed by atoms with van der Waals surface area (Å²) in [6.07, 6.45) is 3.81. The molecule has 1 N–H and O–H groups in total. The average molecular weight is 530 g/mol. The van der Waals surface area contributed by atoms with Gasteiger partial charge in [-0.15, -0.1) is 21.5 Å². The first-order valence-corrected chi connectivity index (χ1v) is 13.8. The number of hydrogen-bond donors (Lipinski definition) is 1. The van der Waals surface area contributed by atoms with Crippen molar-refractivity contribution in [2.24, 2.45) is 13.0 Å². The monoisotopic (exact) mass is 529 g/mol. The van der Waals surface area contributed by atoms with Crippen molar-refractivity contribution >= 4 is 45.6 Å². The van der Waals surface area contributed by atoms with Gasteiger partial charge in [0.25, 0.3) is 0 Å². The van der Waals surface area contributed by atoms with Crippen LogP contribution in [0.3, 0.4) is 0 Å². The highest BCUT2D eigenvalue weighted by Crippen LogP contribution is 2.40. The zero-order chi connectivity index (χ0) is 25.1. The predicted molar refractivity (Wildman–Crippen MR) is 140 cm³/mol. The molecule has 0 radical (unpaired) electrons. The molecule has 0 spiro atoms. The minimum Gasteiger partial charge on any atom is -0.482 e. The van der Waals surface area contributed by atoms with Gasteiger partial charge >= 0.3 is 0 Å². The van der Waals surface area contributed by atoms with Gasteiger partial charge in [-0.1, -0.05) is 36.7 Å². The molecule has 3 aromatic rings.